The number of anilines is 1. The van der Waals surface area contributed by atoms with Gasteiger partial charge in [0.15, 0.2) is 0 Å². The molecule has 1 aromatic carbocycles. The number of nitrogens with zero attached hydrogens (tertiary/aromatic N) is 3. The van der Waals surface area contributed by atoms with E-state index in [0.29, 0.717) is 5.69 Å². The van der Waals surface area contributed by atoms with Gasteiger partial charge in [-0.2, -0.15) is 0 Å². The van der Waals surface area contributed by atoms with Crippen molar-refractivity contribution in [1.82, 2.24) is 14.1 Å². The van der Waals surface area contributed by atoms with E-state index in [1.165, 1.54) is 30.8 Å². The molecule has 122 valence electrons. The number of hydrogen-bond acceptors (Lipinski definition) is 4. The molecule has 0 spiro atoms. The lowest BCUT2D eigenvalue weighted by Crippen LogP contribution is -2.37. The highest BCUT2D eigenvalue weighted by molar-refractivity contribution is 6.03. The first-order valence-electron chi connectivity index (χ1n) is 7.33. The highest BCUT2D eigenvalue weighted by Gasteiger charge is 2.14. The summed E-state index contributed by atoms with van der Waals surface area (Å²) in [6.07, 6.45) is 0. The molecular weight excluding hydrogens is 308 g/mol. The third-order valence-corrected chi connectivity index (χ3v) is 3.81. The number of carbonyl (C=O) groups excluding carboxylic acids is 1. The molecule has 0 saturated carbocycles. The van der Waals surface area contributed by atoms with Gasteiger partial charge in [-0.15, -0.1) is 0 Å². The van der Waals surface area contributed by atoms with Gasteiger partial charge < -0.3 is 5.32 Å². The van der Waals surface area contributed by atoms with Gasteiger partial charge in [-0.1, -0.05) is 12.1 Å². The minimum absolute atomic E-state index is 0.132. The van der Waals surface area contributed by atoms with Gasteiger partial charge in [0.25, 0.3) is 11.5 Å². The molecule has 1 amide bonds. The lowest BCUT2D eigenvalue weighted by atomic mass is 10.2. The summed E-state index contributed by atoms with van der Waals surface area (Å²) in [5.74, 6) is -0.407. The monoisotopic (exact) mass is 324 g/mol. The van der Waals surface area contributed by atoms with E-state index in [-0.39, 0.29) is 16.7 Å². The molecule has 0 bridgehead atoms. The molecule has 3 rings (SSSR count). The topological polar surface area (TPSA) is 86.0 Å². The number of carbonyl (C=O) groups is 1. The van der Waals surface area contributed by atoms with Crippen molar-refractivity contribution in [2.24, 2.45) is 14.1 Å². The molecule has 0 radical (unpaired) electrons. The van der Waals surface area contributed by atoms with Crippen LogP contribution in [-0.4, -0.2) is 20.0 Å². The van der Waals surface area contributed by atoms with Gasteiger partial charge in [0.2, 0.25) is 0 Å². The third kappa shape index (κ3) is 2.60. The summed E-state index contributed by atoms with van der Waals surface area (Å²) in [5, 5.41) is 3.04. The Labute approximate surface area is 137 Å². The maximum atomic E-state index is 12.4. The number of aromatic nitrogens is 3. The van der Waals surface area contributed by atoms with Gasteiger partial charge in [0, 0.05) is 19.8 Å². The van der Waals surface area contributed by atoms with E-state index in [9.17, 15) is 14.4 Å². The Balaban J connectivity index is 2.06. The van der Waals surface area contributed by atoms with E-state index in [1.807, 2.05) is 25.1 Å². The van der Waals surface area contributed by atoms with Crippen LogP contribution in [-0.2, 0) is 14.1 Å². The summed E-state index contributed by atoms with van der Waals surface area (Å²) < 4.78 is 2.26. The Morgan fingerprint density at radius 2 is 1.83 bits per heavy atom. The van der Waals surface area contributed by atoms with E-state index >= 15 is 0 Å². The SMILES string of the molecule is Cc1cccc(NC(=O)c2ccc3c(=O)n(C)c(=O)n(C)c3n2)c1. The summed E-state index contributed by atoms with van der Waals surface area (Å²) in [5.41, 5.74) is 1.06. The molecule has 0 aliphatic heterocycles. The van der Waals surface area contributed by atoms with Gasteiger partial charge in [-0.25, -0.2) is 9.78 Å². The van der Waals surface area contributed by atoms with E-state index in [2.05, 4.69) is 10.3 Å². The largest absolute Gasteiger partial charge is 0.332 e. The highest BCUT2D eigenvalue weighted by Crippen LogP contribution is 2.12. The van der Waals surface area contributed by atoms with Crippen molar-refractivity contribution in [2.45, 2.75) is 6.92 Å². The number of hydrogen-bond donors (Lipinski definition) is 1. The predicted molar refractivity (Wildman–Crippen MR) is 91.4 cm³/mol. The first kappa shape index (κ1) is 15.7. The average Bonchev–Trinajstić information content (AvgIpc) is 2.57. The highest BCUT2D eigenvalue weighted by atomic mass is 16.2. The Bertz CT molecular complexity index is 1080. The molecule has 0 fully saturated rings. The molecule has 0 saturated heterocycles. The number of aryl methyl sites for hydroxylation is 2. The van der Waals surface area contributed by atoms with Crippen LogP contribution in [0.25, 0.3) is 11.0 Å². The second-order valence-electron chi connectivity index (χ2n) is 5.60. The minimum Gasteiger partial charge on any atom is -0.321 e. The van der Waals surface area contributed by atoms with E-state index in [4.69, 9.17) is 0 Å². The van der Waals surface area contributed by atoms with Crippen molar-refractivity contribution in [3.05, 3.63) is 68.5 Å². The molecule has 0 atom stereocenters. The first-order valence-corrected chi connectivity index (χ1v) is 7.33. The number of amides is 1. The molecule has 1 N–H and O–H groups in total. The average molecular weight is 324 g/mol. The van der Waals surface area contributed by atoms with Gasteiger partial charge in [-0.3, -0.25) is 18.7 Å². The number of rotatable bonds is 2. The fourth-order valence-electron chi connectivity index (χ4n) is 2.50. The number of nitrogens with one attached hydrogen (secondary N) is 1. The molecule has 24 heavy (non-hydrogen) atoms. The first-order chi connectivity index (χ1) is 11.4. The van der Waals surface area contributed by atoms with Crippen molar-refractivity contribution >= 4 is 22.6 Å². The van der Waals surface area contributed by atoms with E-state index in [0.717, 1.165) is 10.1 Å². The normalized spacial score (nSPS) is 10.8. The number of benzene rings is 1. The zero-order chi connectivity index (χ0) is 17.4. The molecule has 0 aliphatic rings. The molecule has 2 heterocycles. The summed E-state index contributed by atoms with van der Waals surface area (Å²) in [6.45, 7) is 1.93. The van der Waals surface area contributed by atoms with Crippen LogP contribution in [0.3, 0.4) is 0 Å². The summed E-state index contributed by atoms with van der Waals surface area (Å²) in [7, 11) is 2.92. The van der Waals surface area contributed by atoms with Crippen LogP contribution in [0.2, 0.25) is 0 Å². The second kappa shape index (κ2) is 5.77. The van der Waals surface area contributed by atoms with Crippen molar-refractivity contribution in [1.29, 1.82) is 0 Å². The molecule has 2 aromatic heterocycles. The Kier molecular flexibility index (Phi) is 3.76. The number of fused-ring (bicyclic) bond motifs is 1. The van der Waals surface area contributed by atoms with Crippen LogP contribution >= 0.6 is 0 Å². The fraction of sp³-hybridized carbons (Fsp3) is 0.176. The summed E-state index contributed by atoms with van der Waals surface area (Å²) in [6, 6.07) is 10.4. The summed E-state index contributed by atoms with van der Waals surface area (Å²) in [4.78, 5) is 40.7. The molecule has 0 unspecified atom stereocenters. The van der Waals surface area contributed by atoms with Crippen molar-refractivity contribution in [3.8, 4) is 0 Å². The predicted octanol–water partition coefficient (Wildman–Crippen LogP) is 1.19. The van der Waals surface area contributed by atoms with Crippen molar-refractivity contribution in [3.63, 3.8) is 0 Å². The number of pyridine rings is 1. The van der Waals surface area contributed by atoms with Crippen LogP contribution in [0.5, 0.6) is 0 Å². The fourth-order valence-corrected chi connectivity index (χ4v) is 2.50. The standard InChI is InChI=1S/C17H16N4O3/c1-10-5-4-6-11(9-10)18-15(22)13-8-7-12-14(19-13)20(2)17(24)21(3)16(12)23/h4-9H,1-3H3,(H,18,22). The van der Waals surface area contributed by atoms with Crippen molar-refractivity contribution < 1.29 is 4.79 Å². The van der Waals surface area contributed by atoms with Crippen LogP contribution in [0.15, 0.2) is 46.0 Å². The minimum atomic E-state index is -0.490. The maximum Gasteiger partial charge on any atom is 0.332 e. The smallest absolute Gasteiger partial charge is 0.321 e. The second-order valence-corrected chi connectivity index (χ2v) is 5.60. The molecule has 3 aromatic rings. The zero-order valence-corrected chi connectivity index (χ0v) is 13.5. The van der Waals surface area contributed by atoms with Crippen LogP contribution < -0.4 is 16.6 Å². The van der Waals surface area contributed by atoms with Gasteiger partial charge in [0.1, 0.15) is 11.3 Å². The molecule has 7 nitrogen and oxygen atoms in total. The van der Waals surface area contributed by atoms with E-state index in [1.54, 1.807) is 6.07 Å². The Morgan fingerprint density at radius 3 is 2.54 bits per heavy atom. The lowest BCUT2D eigenvalue weighted by molar-refractivity contribution is 0.102. The van der Waals surface area contributed by atoms with Gasteiger partial charge >= 0.3 is 5.69 Å². The van der Waals surface area contributed by atoms with Gasteiger partial charge in [-0.05, 0) is 36.8 Å². The van der Waals surface area contributed by atoms with Crippen LogP contribution in [0.1, 0.15) is 16.1 Å². The van der Waals surface area contributed by atoms with Gasteiger partial charge in [0.05, 0.1) is 5.39 Å². The summed E-state index contributed by atoms with van der Waals surface area (Å²) >= 11 is 0. The van der Waals surface area contributed by atoms with E-state index < -0.39 is 17.2 Å². The lowest BCUT2D eigenvalue weighted by Gasteiger charge is -2.09. The Morgan fingerprint density at radius 1 is 1.08 bits per heavy atom. The third-order valence-electron chi connectivity index (χ3n) is 3.81. The van der Waals surface area contributed by atoms with Crippen LogP contribution in [0, 0.1) is 6.92 Å². The van der Waals surface area contributed by atoms with Crippen molar-refractivity contribution in [2.75, 3.05) is 5.32 Å². The molecule has 7 heteroatoms. The molecular formula is C17H16N4O3. The quantitative estimate of drug-likeness (QED) is 0.767. The Hall–Kier alpha value is -3.22. The maximum absolute atomic E-state index is 12.4. The molecule has 0 aliphatic carbocycles. The zero-order valence-electron chi connectivity index (χ0n) is 13.5. The van der Waals surface area contributed by atoms with Crippen LogP contribution in [0.4, 0.5) is 5.69 Å².